The van der Waals surface area contributed by atoms with Gasteiger partial charge in [-0.1, -0.05) is 19.9 Å². The predicted molar refractivity (Wildman–Crippen MR) is 66.7 cm³/mol. The summed E-state index contributed by atoms with van der Waals surface area (Å²) < 4.78 is 5.53. The second-order valence-electron chi connectivity index (χ2n) is 3.71. The minimum atomic E-state index is -0.931. The van der Waals surface area contributed by atoms with E-state index in [1.807, 2.05) is 0 Å². The molecule has 0 radical (unpaired) electrons. The molecule has 0 fully saturated rings. The van der Waals surface area contributed by atoms with Crippen LogP contribution in [-0.4, -0.2) is 42.2 Å². The lowest BCUT2D eigenvalue weighted by Gasteiger charge is -2.18. The third-order valence-electron chi connectivity index (χ3n) is 2.65. The van der Waals surface area contributed by atoms with Gasteiger partial charge >= 0.3 is 5.97 Å². The SMILES string of the molecule is CCN(CC)CCOc1cccc(C(=O)O)c1. The van der Waals surface area contributed by atoms with Gasteiger partial charge in [-0.2, -0.15) is 0 Å². The Morgan fingerprint density at radius 3 is 2.65 bits per heavy atom. The third kappa shape index (κ3) is 4.44. The van der Waals surface area contributed by atoms with E-state index in [0.717, 1.165) is 19.6 Å². The van der Waals surface area contributed by atoms with Gasteiger partial charge in [0, 0.05) is 6.54 Å². The van der Waals surface area contributed by atoms with Gasteiger partial charge in [-0.05, 0) is 31.3 Å². The number of ether oxygens (including phenoxy) is 1. The van der Waals surface area contributed by atoms with Crippen LogP contribution in [0.25, 0.3) is 0 Å². The Morgan fingerprint density at radius 2 is 2.06 bits per heavy atom. The van der Waals surface area contributed by atoms with Crippen molar-refractivity contribution in [3.8, 4) is 5.75 Å². The summed E-state index contributed by atoms with van der Waals surface area (Å²) in [4.78, 5) is 13.0. The van der Waals surface area contributed by atoms with Crippen LogP contribution in [0.5, 0.6) is 5.75 Å². The molecule has 0 aliphatic carbocycles. The number of nitrogens with zero attached hydrogens (tertiary/aromatic N) is 1. The molecular formula is C13H19NO3. The number of benzene rings is 1. The summed E-state index contributed by atoms with van der Waals surface area (Å²) in [6.07, 6.45) is 0. The van der Waals surface area contributed by atoms with Crippen LogP contribution in [0, 0.1) is 0 Å². The Hall–Kier alpha value is -1.55. The molecule has 0 unspecified atom stereocenters. The first-order valence-electron chi connectivity index (χ1n) is 5.85. The molecule has 1 N–H and O–H groups in total. The van der Waals surface area contributed by atoms with E-state index >= 15 is 0 Å². The summed E-state index contributed by atoms with van der Waals surface area (Å²) >= 11 is 0. The quantitative estimate of drug-likeness (QED) is 0.789. The number of likely N-dealkylation sites (N-methyl/N-ethyl adjacent to an activating group) is 1. The average Bonchev–Trinajstić information content (AvgIpc) is 2.35. The molecule has 0 spiro atoms. The van der Waals surface area contributed by atoms with Gasteiger partial charge in [0.25, 0.3) is 0 Å². The van der Waals surface area contributed by atoms with Gasteiger partial charge in [-0.25, -0.2) is 4.79 Å². The second kappa shape index (κ2) is 6.91. The first-order valence-corrected chi connectivity index (χ1v) is 5.85. The van der Waals surface area contributed by atoms with Gasteiger partial charge in [-0.3, -0.25) is 0 Å². The molecule has 94 valence electrons. The summed E-state index contributed by atoms with van der Waals surface area (Å²) in [6, 6.07) is 6.56. The van der Waals surface area contributed by atoms with Gasteiger partial charge in [0.2, 0.25) is 0 Å². The second-order valence-corrected chi connectivity index (χ2v) is 3.71. The van der Waals surface area contributed by atoms with Crippen LogP contribution >= 0.6 is 0 Å². The Balaban J connectivity index is 2.46. The molecule has 4 nitrogen and oxygen atoms in total. The van der Waals surface area contributed by atoms with Crippen molar-refractivity contribution in [1.29, 1.82) is 0 Å². The summed E-state index contributed by atoms with van der Waals surface area (Å²) in [5.74, 6) is -0.323. The molecule has 0 bridgehead atoms. The monoisotopic (exact) mass is 237 g/mol. The van der Waals surface area contributed by atoms with E-state index in [-0.39, 0.29) is 5.56 Å². The summed E-state index contributed by atoms with van der Waals surface area (Å²) in [7, 11) is 0. The van der Waals surface area contributed by atoms with E-state index in [2.05, 4.69) is 18.7 Å². The van der Waals surface area contributed by atoms with Crippen LogP contribution in [0.3, 0.4) is 0 Å². The molecule has 1 aromatic carbocycles. The average molecular weight is 237 g/mol. The van der Waals surface area contributed by atoms with Crippen LogP contribution in [0.4, 0.5) is 0 Å². The Labute approximate surface area is 102 Å². The van der Waals surface area contributed by atoms with E-state index < -0.39 is 5.97 Å². The number of aromatic carboxylic acids is 1. The van der Waals surface area contributed by atoms with Gasteiger partial charge < -0.3 is 14.7 Å². The Morgan fingerprint density at radius 1 is 1.35 bits per heavy atom. The van der Waals surface area contributed by atoms with Gasteiger partial charge in [0.05, 0.1) is 5.56 Å². The molecule has 0 aliphatic rings. The van der Waals surface area contributed by atoms with Crippen molar-refractivity contribution >= 4 is 5.97 Å². The van der Waals surface area contributed by atoms with Gasteiger partial charge in [-0.15, -0.1) is 0 Å². The predicted octanol–water partition coefficient (Wildman–Crippen LogP) is 2.11. The number of carbonyl (C=O) groups is 1. The van der Waals surface area contributed by atoms with Crippen LogP contribution in [0.2, 0.25) is 0 Å². The fourth-order valence-corrected chi connectivity index (χ4v) is 1.55. The summed E-state index contributed by atoms with van der Waals surface area (Å²) in [5.41, 5.74) is 0.255. The largest absolute Gasteiger partial charge is 0.492 e. The molecule has 0 saturated carbocycles. The maximum atomic E-state index is 10.8. The van der Waals surface area contributed by atoms with Crippen LogP contribution in [0.15, 0.2) is 24.3 Å². The van der Waals surface area contributed by atoms with Crippen molar-refractivity contribution in [1.82, 2.24) is 4.90 Å². The molecule has 0 saturated heterocycles. The van der Waals surface area contributed by atoms with Crippen molar-refractivity contribution in [2.75, 3.05) is 26.2 Å². The summed E-state index contributed by atoms with van der Waals surface area (Å²) in [6.45, 7) is 7.63. The Kier molecular flexibility index (Phi) is 5.49. The summed E-state index contributed by atoms with van der Waals surface area (Å²) in [5, 5.41) is 8.84. The zero-order valence-electron chi connectivity index (χ0n) is 10.3. The standard InChI is InChI=1S/C13H19NO3/c1-3-14(4-2)8-9-17-12-7-5-6-11(10-12)13(15)16/h5-7,10H,3-4,8-9H2,1-2H3,(H,15,16). The van der Waals surface area contributed by atoms with Crippen molar-refractivity contribution < 1.29 is 14.6 Å². The van der Waals surface area contributed by atoms with Crippen LogP contribution in [0.1, 0.15) is 24.2 Å². The maximum Gasteiger partial charge on any atom is 0.335 e. The zero-order chi connectivity index (χ0) is 12.7. The number of rotatable bonds is 7. The molecule has 0 amide bonds. The molecule has 1 aromatic rings. The molecular weight excluding hydrogens is 218 g/mol. The molecule has 0 atom stereocenters. The van der Waals surface area contributed by atoms with Crippen molar-refractivity contribution in [3.63, 3.8) is 0 Å². The van der Waals surface area contributed by atoms with E-state index in [4.69, 9.17) is 9.84 Å². The van der Waals surface area contributed by atoms with E-state index in [1.54, 1.807) is 24.3 Å². The highest BCUT2D eigenvalue weighted by atomic mass is 16.5. The zero-order valence-corrected chi connectivity index (χ0v) is 10.3. The first kappa shape index (κ1) is 13.5. The topological polar surface area (TPSA) is 49.8 Å². The maximum absolute atomic E-state index is 10.8. The van der Waals surface area contributed by atoms with Crippen molar-refractivity contribution in [2.24, 2.45) is 0 Å². The van der Waals surface area contributed by atoms with E-state index in [0.29, 0.717) is 12.4 Å². The minimum absolute atomic E-state index is 0.255. The molecule has 0 aromatic heterocycles. The van der Waals surface area contributed by atoms with Crippen molar-refractivity contribution in [3.05, 3.63) is 29.8 Å². The minimum Gasteiger partial charge on any atom is -0.492 e. The lowest BCUT2D eigenvalue weighted by Crippen LogP contribution is -2.27. The van der Waals surface area contributed by atoms with Crippen LogP contribution < -0.4 is 4.74 Å². The normalized spacial score (nSPS) is 10.5. The smallest absolute Gasteiger partial charge is 0.335 e. The molecule has 1 rings (SSSR count). The van der Waals surface area contributed by atoms with Crippen molar-refractivity contribution in [2.45, 2.75) is 13.8 Å². The number of hydrogen-bond donors (Lipinski definition) is 1. The lowest BCUT2D eigenvalue weighted by molar-refractivity contribution is 0.0696. The first-order chi connectivity index (χ1) is 8.17. The Bertz CT molecular complexity index is 361. The lowest BCUT2D eigenvalue weighted by atomic mass is 10.2. The molecule has 0 heterocycles. The highest BCUT2D eigenvalue weighted by Gasteiger charge is 2.04. The van der Waals surface area contributed by atoms with Crippen LogP contribution in [-0.2, 0) is 0 Å². The molecule has 0 aliphatic heterocycles. The van der Waals surface area contributed by atoms with E-state index in [1.165, 1.54) is 0 Å². The van der Waals surface area contributed by atoms with Gasteiger partial charge in [0.1, 0.15) is 12.4 Å². The number of hydrogen-bond acceptors (Lipinski definition) is 3. The van der Waals surface area contributed by atoms with E-state index in [9.17, 15) is 4.79 Å². The van der Waals surface area contributed by atoms with Gasteiger partial charge in [0.15, 0.2) is 0 Å². The fourth-order valence-electron chi connectivity index (χ4n) is 1.55. The fraction of sp³-hybridized carbons (Fsp3) is 0.462. The highest BCUT2D eigenvalue weighted by molar-refractivity contribution is 5.87. The third-order valence-corrected chi connectivity index (χ3v) is 2.65. The highest BCUT2D eigenvalue weighted by Crippen LogP contribution is 2.13. The molecule has 4 heteroatoms. The number of carboxylic acid groups (broad SMARTS) is 1. The molecule has 17 heavy (non-hydrogen) atoms. The number of carboxylic acids is 1.